The highest BCUT2D eigenvalue weighted by Gasteiger charge is 2.27. The second kappa shape index (κ2) is 10.1. The zero-order chi connectivity index (χ0) is 25.1. The minimum atomic E-state index is -0.734. The molecule has 0 saturated carbocycles. The summed E-state index contributed by atoms with van der Waals surface area (Å²) in [6.45, 7) is 4.83. The number of aromatic nitrogens is 4. The van der Waals surface area contributed by atoms with Crippen molar-refractivity contribution in [3.05, 3.63) is 68.4 Å². The van der Waals surface area contributed by atoms with Gasteiger partial charge < -0.3 is 15.2 Å². The lowest BCUT2D eigenvalue weighted by atomic mass is 10.1. The number of nitrogens with zero attached hydrogens (tertiary/aromatic N) is 6. The Bertz CT molecular complexity index is 1440. The van der Waals surface area contributed by atoms with Gasteiger partial charge in [0, 0.05) is 31.2 Å². The number of anilines is 1. The molecule has 0 radical (unpaired) electrons. The number of hydrogen-bond donors (Lipinski definition) is 1. The number of benzene rings is 1. The lowest BCUT2D eigenvalue weighted by molar-refractivity contribution is 0.0969. The Morgan fingerprint density at radius 1 is 1.20 bits per heavy atom. The first-order chi connectivity index (χ1) is 16.8. The van der Waals surface area contributed by atoms with Gasteiger partial charge >= 0.3 is 5.69 Å². The summed E-state index contributed by atoms with van der Waals surface area (Å²) >= 11 is 0. The van der Waals surface area contributed by atoms with Crippen molar-refractivity contribution in [3.63, 3.8) is 0 Å². The average molecular weight is 476 g/mol. The van der Waals surface area contributed by atoms with E-state index in [2.05, 4.69) is 4.98 Å². The number of allylic oxidation sites excluding steroid dienone is 2. The predicted octanol–water partition coefficient (Wildman–Crippen LogP) is 1.66. The molecule has 1 unspecified atom stereocenters. The minimum Gasteiger partial charge on any atom is -0.341 e. The molecule has 1 atom stereocenters. The van der Waals surface area contributed by atoms with Crippen LogP contribution in [-0.2, 0) is 19.6 Å². The lowest BCUT2D eigenvalue weighted by Gasteiger charge is -2.31. The Hall–Kier alpha value is -3.97. The van der Waals surface area contributed by atoms with Gasteiger partial charge in [-0.15, -0.1) is 0 Å². The molecule has 1 aliphatic heterocycles. The Morgan fingerprint density at radius 3 is 2.60 bits per heavy atom. The van der Waals surface area contributed by atoms with Crippen LogP contribution in [0.15, 0.2) is 51.6 Å². The topological polar surface area (TPSA) is 132 Å². The van der Waals surface area contributed by atoms with Crippen LogP contribution in [0.25, 0.3) is 11.2 Å². The predicted molar refractivity (Wildman–Crippen MR) is 133 cm³/mol. The van der Waals surface area contributed by atoms with Crippen molar-refractivity contribution in [1.82, 2.24) is 18.7 Å². The SMILES string of the molecule is CC(C)=CCn1c(N2CCCC(N)C2)nc2c1c(=O)n(CC(=O)c1ccccc1)c(=O)n2CC#N. The van der Waals surface area contributed by atoms with Crippen LogP contribution in [0.1, 0.15) is 37.0 Å². The first-order valence-corrected chi connectivity index (χ1v) is 11.6. The van der Waals surface area contributed by atoms with Gasteiger partial charge in [0.2, 0.25) is 5.95 Å². The molecule has 2 aromatic heterocycles. The summed E-state index contributed by atoms with van der Waals surface area (Å²) in [5, 5.41) is 9.42. The van der Waals surface area contributed by atoms with Crippen LogP contribution in [0.4, 0.5) is 5.95 Å². The van der Waals surface area contributed by atoms with Crippen LogP contribution in [0.3, 0.4) is 0 Å². The van der Waals surface area contributed by atoms with Crippen molar-refractivity contribution in [1.29, 1.82) is 5.26 Å². The number of carbonyl (C=O) groups is 1. The molecule has 1 saturated heterocycles. The smallest absolute Gasteiger partial charge is 0.334 e. The van der Waals surface area contributed by atoms with Gasteiger partial charge in [-0.3, -0.25) is 18.7 Å². The van der Waals surface area contributed by atoms with Gasteiger partial charge in [0.05, 0.1) is 12.6 Å². The van der Waals surface area contributed by atoms with E-state index in [4.69, 9.17) is 5.73 Å². The number of fused-ring (bicyclic) bond motifs is 1. The Morgan fingerprint density at radius 2 is 1.94 bits per heavy atom. The fraction of sp³-hybridized carbons (Fsp3) is 0.400. The van der Waals surface area contributed by atoms with Crippen molar-refractivity contribution in [2.75, 3.05) is 18.0 Å². The second-order valence-corrected chi connectivity index (χ2v) is 9.03. The molecule has 0 bridgehead atoms. The van der Waals surface area contributed by atoms with Crippen molar-refractivity contribution in [2.45, 2.75) is 52.4 Å². The van der Waals surface area contributed by atoms with Gasteiger partial charge in [-0.2, -0.15) is 10.2 Å². The van der Waals surface area contributed by atoms with E-state index in [1.54, 1.807) is 34.9 Å². The van der Waals surface area contributed by atoms with E-state index < -0.39 is 17.8 Å². The molecule has 0 spiro atoms. The molecule has 2 N–H and O–H groups in total. The molecule has 0 aliphatic carbocycles. The maximum absolute atomic E-state index is 13.7. The van der Waals surface area contributed by atoms with Gasteiger partial charge in [-0.25, -0.2) is 4.79 Å². The van der Waals surface area contributed by atoms with E-state index in [9.17, 15) is 19.6 Å². The van der Waals surface area contributed by atoms with Crippen LogP contribution >= 0.6 is 0 Å². The highest BCUT2D eigenvalue weighted by atomic mass is 16.2. The zero-order valence-electron chi connectivity index (χ0n) is 20.0. The van der Waals surface area contributed by atoms with Crippen molar-refractivity contribution in [3.8, 4) is 6.07 Å². The first kappa shape index (κ1) is 24.2. The molecule has 0 amide bonds. The number of piperidine rings is 1. The normalized spacial score (nSPS) is 15.7. The molecule has 1 fully saturated rings. The minimum absolute atomic E-state index is 0.0260. The molecule has 3 heterocycles. The van der Waals surface area contributed by atoms with Crippen LogP contribution in [-0.4, -0.2) is 43.6 Å². The van der Waals surface area contributed by atoms with Crippen LogP contribution < -0.4 is 21.9 Å². The molecular formula is C25H29N7O3. The maximum Gasteiger partial charge on any atom is 0.334 e. The standard InChI is InChI=1S/C25H29N7O3/c1-17(2)10-13-30-21-22(28-24(30)29-12-6-9-19(27)15-29)31(14-11-26)25(35)32(23(21)34)16-20(33)18-7-4-3-5-8-18/h3-5,7-8,10,19H,6,9,12-16,27H2,1-2H3. The van der Waals surface area contributed by atoms with E-state index in [1.807, 2.05) is 30.9 Å². The molecule has 4 rings (SSSR count). The molecule has 182 valence electrons. The number of Topliss-reactive ketones (excluding diaryl/α,β-unsaturated/α-hetero) is 1. The molecule has 35 heavy (non-hydrogen) atoms. The number of nitrogens with two attached hydrogens (primary N) is 1. The largest absolute Gasteiger partial charge is 0.341 e. The van der Waals surface area contributed by atoms with E-state index >= 15 is 0 Å². The fourth-order valence-corrected chi connectivity index (χ4v) is 4.37. The van der Waals surface area contributed by atoms with Gasteiger partial charge in [0.25, 0.3) is 5.56 Å². The zero-order valence-corrected chi connectivity index (χ0v) is 20.0. The molecule has 10 heteroatoms. The van der Waals surface area contributed by atoms with Crippen molar-refractivity contribution < 1.29 is 4.79 Å². The third kappa shape index (κ3) is 4.81. The summed E-state index contributed by atoms with van der Waals surface area (Å²) in [7, 11) is 0. The summed E-state index contributed by atoms with van der Waals surface area (Å²) in [5.41, 5.74) is 6.64. The van der Waals surface area contributed by atoms with E-state index in [-0.39, 0.29) is 29.5 Å². The number of ketones is 1. The summed E-state index contributed by atoms with van der Waals surface area (Å²) in [6.07, 6.45) is 3.75. The van der Waals surface area contributed by atoms with Gasteiger partial charge in [0.15, 0.2) is 16.9 Å². The Kier molecular flexibility index (Phi) is 6.98. The summed E-state index contributed by atoms with van der Waals surface area (Å²) in [4.78, 5) is 46.6. The highest BCUT2D eigenvalue weighted by Crippen LogP contribution is 2.23. The quantitative estimate of drug-likeness (QED) is 0.406. The Balaban J connectivity index is 1.95. The van der Waals surface area contributed by atoms with Crippen molar-refractivity contribution in [2.24, 2.45) is 5.73 Å². The summed E-state index contributed by atoms with van der Waals surface area (Å²) in [5.74, 6) is 0.160. The maximum atomic E-state index is 13.7. The number of rotatable bonds is 7. The van der Waals surface area contributed by atoms with Crippen LogP contribution in [0.2, 0.25) is 0 Å². The first-order valence-electron chi connectivity index (χ1n) is 11.6. The molecular weight excluding hydrogens is 446 g/mol. The van der Waals surface area contributed by atoms with E-state index in [0.717, 1.165) is 29.5 Å². The summed E-state index contributed by atoms with van der Waals surface area (Å²) < 4.78 is 3.84. The summed E-state index contributed by atoms with van der Waals surface area (Å²) in [6, 6.07) is 10.4. The third-order valence-electron chi connectivity index (χ3n) is 6.14. The third-order valence-corrected chi connectivity index (χ3v) is 6.14. The van der Waals surface area contributed by atoms with Crippen LogP contribution in [0, 0.1) is 11.3 Å². The fourth-order valence-electron chi connectivity index (χ4n) is 4.37. The lowest BCUT2D eigenvalue weighted by Crippen LogP contribution is -2.44. The van der Waals surface area contributed by atoms with E-state index in [1.165, 1.54) is 4.57 Å². The van der Waals surface area contributed by atoms with Crippen LogP contribution in [0.5, 0.6) is 0 Å². The van der Waals surface area contributed by atoms with Gasteiger partial charge in [-0.1, -0.05) is 42.0 Å². The molecule has 1 aromatic carbocycles. The van der Waals surface area contributed by atoms with Gasteiger partial charge in [-0.05, 0) is 26.7 Å². The van der Waals surface area contributed by atoms with E-state index in [0.29, 0.717) is 24.6 Å². The number of imidazole rings is 1. The molecule has 10 nitrogen and oxygen atoms in total. The number of carbonyl (C=O) groups excluding carboxylic acids is 1. The molecule has 3 aromatic rings. The average Bonchev–Trinajstić information content (AvgIpc) is 3.23. The highest BCUT2D eigenvalue weighted by molar-refractivity contribution is 5.95. The Labute approximate surface area is 202 Å². The monoisotopic (exact) mass is 475 g/mol. The number of nitriles is 1. The van der Waals surface area contributed by atoms with Crippen molar-refractivity contribution >= 4 is 22.9 Å². The number of hydrogen-bond acceptors (Lipinski definition) is 7. The molecule has 1 aliphatic rings. The van der Waals surface area contributed by atoms with Gasteiger partial charge in [0.1, 0.15) is 6.54 Å². The second-order valence-electron chi connectivity index (χ2n) is 9.03.